The van der Waals surface area contributed by atoms with Gasteiger partial charge in [-0.1, -0.05) is 17.7 Å². The number of halogens is 2. The van der Waals surface area contributed by atoms with Crippen molar-refractivity contribution in [3.63, 3.8) is 0 Å². The zero-order valence-corrected chi connectivity index (χ0v) is 14.4. The van der Waals surface area contributed by atoms with E-state index in [0.29, 0.717) is 17.1 Å². The fourth-order valence-electron chi connectivity index (χ4n) is 2.09. The van der Waals surface area contributed by atoms with E-state index < -0.39 is 0 Å². The van der Waals surface area contributed by atoms with Crippen LogP contribution < -0.4 is 5.32 Å². The van der Waals surface area contributed by atoms with Crippen molar-refractivity contribution in [1.82, 2.24) is 10.2 Å². The molecule has 0 bridgehead atoms. The molecule has 0 aliphatic rings. The van der Waals surface area contributed by atoms with Crippen molar-refractivity contribution >= 4 is 29.9 Å². The van der Waals surface area contributed by atoms with Gasteiger partial charge in [0.2, 0.25) is 0 Å². The molecule has 120 valence electrons. The molecule has 0 aliphatic carbocycles. The first-order valence-electron chi connectivity index (χ1n) is 6.74. The molecule has 1 aromatic carbocycles. The molecule has 1 atom stereocenters. The minimum atomic E-state index is -0.146. The van der Waals surface area contributed by atoms with E-state index in [-0.39, 0.29) is 24.4 Å². The van der Waals surface area contributed by atoms with Crippen LogP contribution in [0.2, 0.25) is 5.02 Å². The second kappa shape index (κ2) is 8.22. The van der Waals surface area contributed by atoms with Gasteiger partial charge in [-0.25, -0.2) is 0 Å². The number of likely N-dealkylation sites (N-methyl/N-ethyl adjacent to an activating group) is 1. The Kier molecular flexibility index (Phi) is 6.94. The Hall–Kier alpha value is -1.49. The Morgan fingerprint density at radius 2 is 2.05 bits per heavy atom. The van der Waals surface area contributed by atoms with Crippen molar-refractivity contribution in [2.24, 2.45) is 0 Å². The summed E-state index contributed by atoms with van der Waals surface area (Å²) < 4.78 is 5.65. The normalized spacial score (nSPS) is 11.9. The third-order valence-electron chi connectivity index (χ3n) is 3.26. The molecule has 4 nitrogen and oxygen atoms in total. The Morgan fingerprint density at radius 1 is 1.32 bits per heavy atom. The zero-order chi connectivity index (χ0) is 15.4. The maximum absolute atomic E-state index is 12.1. The highest BCUT2D eigenvalue weighted by Gasteiger charge is 2.19. The van der Waals surface area contributed by atoms with Gasteiger partial charge in [-0.2, -0.15) is 0 Å². The molecule has 0 radical (unpaired) electrons. The van der Waals surface area contributed by atoms with E-state index in [1.54, 1.807) is 24.3 Å². The average Bonchev–Trinajstić information content (AvgIpc) is 2.85. The maximum Gasteiger partial charge on any atom is 0.251 e. The molecule has 2 rings (SSSR count). The summed E-state index contributed by atoms with van der Waals surface area (Å²) in [6.07, 6.45) is 0. The first kappa shape index (κ1) is 18.6. The van der Waals surface area contributed by atoms with Crippen LogP contribution >= 0.6 is 24.0 Å². The fraction of sp³-hybridized carbons (Fsp3) is 0.312. The van der Waals surface area contributed by atoms with Crippen LogP contribution in [-0.4, -0.2) is 31.4 Å². The standard InChI is InChI=1S/C16H19ClN2O2.ClH/c1-11-7-8-15(21-11)14(19(2)3)10-18-16(20)12-5-4-6-13(17)9-12;/h4-9,14H,10H2,1-3H3,(H,18,20);1H. The molecule has 6 heteroatoms. The highest BCUT2D eigenvalue weighted by atomic mass is 35.5. The van der Waals surface area contributed by atoms with E-state index in [1.807, 2.05) is 38.1 Å². The van der Waals surface area contributed by atoms with E-state index in [2.05, 4.69) is 5.32 Å². The molecule has 0 saturated heterocycles. The molecule has 1 heterocycles. The van der Waals surface area contributed by atoms with Crippen LogP contribution in [0.1, 0.15) is 27.9 Å². The zero-order valence-electron chi connectivity index (χ0n) is 12.8. The predicted molar refractivity (Wildman–Crippen MR) is 90.9 cm³/mol. The Labute approximate surface area is 141 Å². The van der Waals surface area contributed by atoms with Crippen molar-refractivity contribution < 1.29 is 9.21 Å². The molecule has 0 spiro atoms. The van der Waals surface area contributed by atoms with Gasteiger partial charge >= 0.3 is 0 Å². The number of furan rings is 1. The third kappa shape index (κ3) is 4.77. The highest BCUT2D eigenvalue weighted by molar-refractivity contribution is 6.30. The van der Waals surface area contributed by atoms with Gasteiger partial charge < -0.3 is 9.73 Å². The number of hydrogen-bond donors (Lipinski definition) is 1. The lowest BCUT2D eigenvalue weighted by molar-refractivity contribution is 0.0939. The number of carbonyl (C=O) groups is 1. The summed E-state index contributed by atoms with van der Waals surface area (Å²) in [7, 11) is 3.90. The van der Waals surface area contributed by atoms with Crippen LogP contribution in [-0.2, 0) is 0 Å². The Morgan fingerprint density at radius 3 is 2.59 bits per heavy atom. The summed E-state index contributed by atoms with van der Waals surface area (Å²) in [5.41, 5.74) is 0.552. The van der Waals surface area contributed by atoms with Gasteiger partial charge in [-0.3, -0.25) is 9.69 Å². The predicted octanol–water partition coefficient (Wildman–Crippen LogP) is 3.70. The first-order valence-corrected chi connectivity index (χ1v) is 7.11. The third-order valence-corrected chi connectivity index (χ3v) is 3.49. The van der Waals surface area contributed by atoms with E-state index in [4.69, 9.17) is 16.0 Å². The van der Waals surface area contributed by atoms with E-state index in [1.165, 1.54) is 0 Å². The number of amides is 1. The van der Waals surface area contributed by atoms with Crippen LogP contribution in [0.25, 0.3) is 0 Å². The second-order valence-electron chi connectivity index (χ2n) is 5.15. The lowest BCUT2D eigenvalue weighted by atomic mass is 10.2. The van der Waals surface area contributed by atoms with Crippen LogP contribution in [0.4, 0.5) is 0 Å². The molecule has 1 aromatic heterocycles. The number of benzene rings is 1. The molecule has 0 fully saturated rings. The summed E-state index contributed by atoms with van der Waals surface area (Å²) in [6.45, 7) is 2.37. The first-order chi connectivity index (χ1) is 9.97. The minimum Gasteiger partial charge on any atom is -0.465 e. The van der Waals surface area contributed by atoms with Gasteiger partial charge in [0.25, 0.3) is 5.91 Å². The number of aryl methyl sites for hydroxylation is 1. The van der Waals surface area contributed by atoms with Gasteiger partial charge in [-0.05, 0) is 51.4 Å². The second-order valence-corrected chi connectivity index (χ2v) is 5.58. The topological polar surface area (TPSA) is 45.5 Å². The van der Waals surface area contributed by atoms with Crippen molar-refractivity contribution in [2.45, 2.75) is 13.0 Å². The molecule has 22 heavy (non-hydrogen) atoms. The van der Waals surface area contributed by atoms with Gasteiger partial charge in [-0.15, -0.1) is 12.4 Å². The van der Waals surface area contributed by atoms with Crippen LogP contribution in [0.5, 0.6) is 0 Å². The highest BCUT2D eigenvalue weighted by Crippen LogP contribution is 2.20. The monoisotopic (exact) mass is 342 g/mol. The number of carbonyl (C=O) groups excluding carboxylic acids is 1. The van der Waals surface area contributed by atoms with Crippen molar-refractivity contribution in [3.05, 3.63) is 58.5 Å². The summed E-state index contributed by atoms with van der Waals surface area (Å²) in [6, 6.07) is 10.7. The molecule has 0 saturated carbocycles. The minimum absolute atomic E-state index is 0. The average molecular weight is 343 g/mol. The quantitative estimate of drug-likeness (QED) is 0.901. The molecule has 1 N–H and O–H groups in total. The van der Waals surface area contributed by atoms with E-state index >= 15 is 0 Å². The molecule has 2 aromatic rings. The van der Waals surface area contributed by atoms with Gasteiger partial charge in [0.15, 0.2) is 0 Å². The molecule has 0 aliphatic heterocycles. The van der Waals surface area contributed by atoms with Gasteiger partial charge in [0, 0.05) is 17.1 Å². The van der Waals surface area contributed by atoms with Crippen LogP contribution in [0.15, 0.2) is 40.8 Å². The van der Waals surface area contributed by atoms with Crippen LogP contribution in [0.3, 0.4) is 0 Å². The fourth-order valence-corrected chi connectivity index (χ4v) is 2.28. The number of nitrogens with zero attached hydrogens (tertiary/aromatic N) is 1. The number of nitrogens with one attached hydrogen (secondary N) is 1. The largest absolute Gasteiger partial charge is 0.465 e. The summed E-state index contributed by atoms with van der Waals surface area (Å²) >= 11 is 5.90. The lowest BCUT2D eigenvalue weighted by Crippen LogP contribution is -2.34. The lowest BCUT2D eigenvalue weighted by Gasteiger charge is -2.22. The van der Waals surface area contributed by atoms with Crippen molar-refractivity contribution in [1.29, 1.82) is 0 Å². The Balaban J connectivity index is 0.00000242. The summed E-state index contributed by atoms with van der Waals surface area (Å²) in [4.78, 5) is 14.2. The van der Waals surface area contributed by atoms with Crippen molar-refractivity contribution in [2.75, 3.05) is 20.6 Å². The van der Waals surface area contributed by atoms with E-state index in [9.17, 15) is 4.79 Å². The van der Waals surface area contributed by atoms with E-state index in [0.717, 1.165) is 11.5 Å². The molecule has 1 unspecified atom stereocenters. The number of rotatable bonds is 5. The maximum atomic E-state index is 12.1. The smallest absolute Gasteiger partial charge is 0.251 e. The van der Waals surface area contributed by atoms with Crippen LogP contribution in [0, 0.1) is 6.92 Å². The summed E-state index contributed by atoms with van der Waals surface area (Å²) in [5, 5.41) is 3.47. The molecule has 1 amide bonds. The number of hydrogen-bond acceptors (Lipinski definition) is 3. The van der Waals surface area contributed by atoms with Gasteiger partial charge in [0.1, 0.15) is 11.5 Å². The Bertz CT molecular complexity index is 626. The van der Waals surface area contributed by atoms with Crippen molar-refractivity contribution in [3.8, 4) is 0 Å². The SMILES string of the molecule is Cc1ccc(C(CNC(=O)c2cccc(Cl)c2)N(C)C)o1.Cl. The van der Waals surface area contributed by atoms with Gasteiger partial charge in [0.05, 0.1) is 6.04 Å². The molecular weight excluding hydrogens is 323 g/mol. The molecular formula is C16H20Cl2N2O2. The summed E-state index contributed by atoms with van der Waals surface area (Å²) in [5.74, 6) is 1.55.